The minimum absolute atomic E-state index is 0.348. The molecule has 1 aromatic heterocycles. The third-order valence-electron chi connectivity index (χ3n) is 2.77. The summed E-state index contributed by atoms with van der Waals surface area (Å²) in [5.41, 5.74) is -0.458. The van der Waals surface area contributed by atoms with Crippen LogP contribution in [-0.2, 0) is 11.2 Å². The van der Waals surface area contributed by atoms with Gasteiger partial charge in [0.25, 0.3) is 0 Å². The van der Waals surface area contributed by atoms with Crippen molar-refractivity contribution in [3.05, 3.63) is 18.2 Å². The third kappa shape index (κ3) is 7.90. The zero-order chi connectivity index (χ0) is 15.9. The molecule has 0 spiro atoms. The van der Waals surface area contributed by atoms with E-state index in [1.165, 1.54) is 0 Å². The molecule has 0 aliphatic carbocycles. The summed E-state index contributed by atoms with van der Waals surface area (Å²) in [5.74, 6) is 1.19. The lowest BCUT2D eigenvalue weighted by molar-refractivity contribution is 0.0520. The summed E-state index contributed by atoms with van der Waals surface area (Å²) in [4.78, 5) is 21.3. The van der Waals surface area contributed by atoms with Crippen LogP contribution >= 0.6 is 11.8 Å². The van der Waals surface area contributed by atoms with E-state index in [-0.39, 0.29) is 6.09 Å². The fourth-order valence-corrected chi connectivity index (χ4v) is 1.94. The molecule has 0 saturated heterocycles. The topological polar surface area (TPSA) is 64.1 Å². The molecule has 0 unspecified atom stereocenters. The number of amides is 1. The zero-order valence-electron chi connectivity index (χ0n) is 13.5. The number of aryl methyl sites for hydroxylation is 1. The number of carbonyl (C=O) groups excluding carboxylic acids is 1. The Morgan fingerprint density at radius 2 is 2.00 bits per heavy atom. The standard InChI is InChI=1S/C15H25N3O2S/c1-11(8-18-14(19)20-15(2,3)4)6-7-13-16-9-12(21-5)10-17-13/h9-11H,6-8H2,1-5H3,(H,18,19)/t11-/m0/s1. The molecule has 0 bridgehead atoms. The maximum Gasteiger partial charge on any atom is 0.407 e. The number of nitrogens with zero attached hydrogens (tertiary/aromatic N) is 2. The van der Waals surface area contributed by atoms with Crippen molar-refractivity contribution in [1.29, 1.82) is 0 Å². The number of hydrogen-bond acceptors (Lipinski definition) is 5. The van der Waals surface area contributed by atoms with E-state index in [0.29, 0.717) is 12.5 Å². The summed E-state index contributed by atoms with van der Waals surface area (Å²) in [7, 11) is 0. The van der Waals surface area contributed by atoms with Crippen LogP contribution in [0.5, 0.6) is 0 Å². The van der Waals surface area contributed by atoms with E-state index in [1.54, 1.807) is 11.8 Å². The van der Waals surface area contributed by atoms with Gasteiger partial charge in [0.05, 0.1) is 0 Å². The number of hydrogen-bond donors (Lipinski definition) is 1. The highest BCUT2D eigenvalue weighted by Gasteiger charge is 2.16. The van der Waals surface area contributed by atoms with E-state index in [4.69, 9.17) is 4.74 Å². The molecule has 5 nitrogen and oxygen atoms in total. The molecule has 0 aliphatic rings. The van der Waals surface area contributed by atoms with E-state index in [9.17, 15) is 4.79 Å². The molecule has 1 aromatic rings. The van der Waals surface area contributed by atoms with Gasteiger partial charge in [0.15, 0.2) is 0 Å². The lowest BCUT2D eigenvalue weighted by Crippen LogP contribution is -2.34. The molecule has 0 fully saturated rings. The Labute approximate surface area is 131 Å². The van der Waals surface area contributed by atoms with Gasteiger partial charge in [0, 0.05) is 30.3 Å². The normalized spacial score (nSPS) is 12.8. The lowest BCUT2D eigenvalue weighted by Gasteiger charge is -2.20. The molecule has 1 atom stereocenters. The number of aromatic nitrogens is 2. The molecule has 6 heteroatoms. The highest BCUT2D eigenvalue weighted by Crippen LogP contribution is 2.12. The number of rotatable bonds is 6. The second-order valence-electron chi connectivity index (χ2n) is 6.07. The van der Waals surface area contributed by atoms with Gasteiger partial charge in [-0.15, -0.1) is 11.8 Å². The predicted molar refractivity (Wildman–Crippen MR) is 85.5 cm³/mol. The molecule has 0 aliphatic heterocycles. The van der Waals surface area contributed by atoms with Gasteiger partial charge in [-0.3, -0.25) is 0 Å². The van der Waals surface area contributed by atoms with Gasteiger partial charge in [-0.1, -0.05) is 6.92 Å². The van der Waals surface area contributed by atoms with Crippen LogP contribution in [0.4, 0.5) is 4.79 Å². The van der Waals surface area contributed by atoms with E-state index in [0.717, 1.165) is 23.6 Å². The van der Waals surface area contributed by atoms with Crippen LogP contribution in [0.3, 0.4) is 0 Å². The Morgan fingerprint density at radius 3 is 2.52 bits per heavy atom. The highest BCUT2D eigenvalue weighted by molar-refractivity contribution is 7.98. The molecular formula is C15H25N3O2S. The Morgan fingerprint density at radius 1 is 1.38 bits per heavy atom. The molecule has 0 radical (unpaired) electrons. The molecule has 118 valence electrons. The fourth-order valence-electron chi connectivity index (χ4n) is 1.63. The van der Waals surface area contributed by atoms with Crippen LogP contribution in [0.2, 0.25) is 0 Å². The Bertz CT molecular complexity index is 443. The Kier molecular flexibility index (Phi) is 6.95. The number of thioether (sulfide) groups is 1. The number of alkyl carbamates (subject to hydrolysis) is 1. The van der Waals surface area contributed by atoms with Crippen molar-refractivity contribution in [2.75, 3.05) is 12.8 Å². The Balaban J connectivity index is 2.27. The summed E-state index contributed by atoms with van der Waals surface area (Å²) in [6.07, 6.45) is 7.06. The van der Waals surface area contributed by atoms with E-state index in [2.05, 4.69) is 22.2 Å². The van der Waals surface area contributed by atoms with Crippen molar-refractivity contribution in [2.45, 2.75) is 51.0 Å². The van der Waals surface area contributed by atoms with Gasteiger partial charge in [0.2, 0.25) is 0 Å². The van der Waals surface area contributed by atoms with Gasteiger partial charge < -0.3 is 10.1 Å². The average molecular weight is 311 g/mol. The first-order valence-electron chi connectivity index (χ1n) is 7.12. The molecule has 21 heavy (non-hydrogen) atoms. The minimum Gasteiger partial charge on any atom is -0.444 e. The number of nitrogens with one attached hydrogen (secondary N) is 1. The minimum atomic E-state index is -0.458. The van der Waals surface area contributed by atoms with Crippen molar-refractivity contribution in [3.63, 3.8) is 0 Å². The van der Waals surface area contributed by atoms with Crippen LogP contribution in [0.25, 0.3) is 0 Å². The summed E-state index contributed by atoms with van der Waals surface area (Å²) >= 11 is 1.63. The molecule has 1 heterocycles. The predicted octanol–water partition coefficient (Wildman–Crippen LogP) is 3.29. The lowest BCUT2D eigenvalue weighted by atomic mass is 10.1. The summed E-state index contributed by atoms with van der Waals surface area (Å²) in [5, 5.41) is 2.79. The summed E-state index contributed by atoms with van der Waals surface area (Å²) in [6.45, 7) is 8.24. The molecule has 1 rings (SSSR count). The van der Waals surface area contributed by atoms with E-state index >= 15 is 0 Å². The van der Waals surface area contributed by atoms with Gasteiger partial charge in [-0.2, -0.15) is 0 Å². The van der Waals surface area contributed by atoms with Crippen molar-refractivity contribution in [3.8, 4) is 0 Å². The molecule has 1 N–H and O–H groups in total. The van der Waals surface area contributed by atoms with Crippen LogP contribution in [0, 0.1) is 5.92 Å². The van der Waals surface area contributed by atoms with Crippen molar-refractivity contribution < 1.29 is 9.53 Å². The number of carbonyl (C=O) groups is 1. The molecule has 0 aromatic carbocycles. The van der Waals surface area contributed by atoms with Gasteiger partial charge in [-0.05, 0) is 39.4 Å². The average Bonchev–Trinajstić information content (AvgIpc) is 2.41. The quantitative estimate of drug-likeness (QED) is 0.817. The first kappa shape index (κ1) is 17.8. The van der Waals surface area contributed by atoms with Crippen LogP contribution < -0.4 is 5.32 Å². The van der Waals surface area contributed by atoms with Gasteiger partial charge in [-0.25, -0.2) is 14.8 Å². The summed E-state index contributed by atoms with van der Waals surface area (Å²) < 4.78 is 5.20. The largest absolute Gasteiger partial charge is 0.444 e. The van der Waals surface area contributed by atoms with Crippen molar-refractivity contribution in [1.82, 2.24) is 15.3 Å². The first-order valence-corrected chi connectivity index (χ1v) is 8.34. The molecule has 0 saturated carbocycles. The van der Waals surface area contributed by atoms with Crippen LogP contribution in [0.1, 0.15) is 39.9 Å². The zero-order valence-corrected chi connectivity index (χ0v) is 14.3. The second kappa shape index (κ2) is 8.22. The third-order valence-corrected chi connectivity index (χ3v) is 3.45. The first-order chi connectivity index (χ1) is 9.80. The van der Waals surface area contributed by atoms with Gasteiger partial charge in [0.1, 0.15) is 11.4 Å². The number of ether oxygens (including phenoxy) is 1. The van der Waals surface area contributed by atoms with Crippen molar-refractivity contribution in [2.24, 2.45) is 5.92 Å². The maximum absolute atomic E-state index is 11.5. The highest BCUT2D eigenvalue weighted by atomic mass is 32.2. The SMILES string of the molecule is CSc1cnc(CC[C@H](C)CNC(=O)OC(C)(C)C)nc1. The Hall–Kier alpha value is -1.30. The molecule has 1 amide bonds. The smallest absolute Gasteiger partial charge is 0.407 e. The van der Waals surface area contributed by atoms with Gasteiger partial charge >= 0.3 is 6.09 Å². The second-order valence-corrected chi connectivity index (χ2v) is 6.95. The summed E-state index contributed by atoms with van der Waals surface area (Å²) in [6, 6.07) is 0. The van der Waals surface area contributed by atoms with E-state index < -0.39 is 5.60 Å². The van der Waals surface area contributed by atoms with E-state index in [1.807, 2.05) is 39.4 Å². The fraction of sp³-hybridized carbons (Fsp3) is 0.667. The maximum atomic E-state index is 11.5. The molecular weight excluding hydrogens is 286 g/mol. The van der Waals surface area contributed by atoms with Crippen molar-refractivity contribution >= 4 is 17.9 Å². The van der Waals surface area contributed by atoms with Crippen LogP contribution in [-0.4, -0.2) is 34.5 Å². The monoisotopic (exact) mass is 311 g/mol. The van der Waals surface area contributed by atoms with Crippen LogP contribution in [0.15, 0.2) is 17.3 Å².